The highest BCUT2D eigenvalue weighted by molar-refractivity contribution is 5.83. The summed E-state index contributed by atoms with van der Waals surface area (Å²) in [5.41, 5.74) is -2.37. The third-order valence-electron chi connectivity index (χ3n) is 3.99. The molecule has 0 bridgehead atoms. The highest BCUT2D eigenvalue weighted by Crippen LogP contribution is 2.68. The topological polar surface area (TPSA) is 66.4 Å². The zero-order valence-corrected chi connectivity index (χ0v) is 10.2. The van der Waals surface area contributed by atoms with Gasteiger partial charge < -0.3 is 10.4 Å². The summed E-state index contributed by atoms with van der Waals surface area (Å²) in [6, 6.07) is 0. The maximum atomic E-state index is 12.8. The van der Waals surface area contributed by atoms with Crippen molar-refractivity contribution in [3.8, 4) is 0 Å². The van der Waals surface area contributed by atoms with Gasteiger partial charge in [-0.2, -0.15) is 13.2 Å². The molecule has 2 aliphatic rings. The second-order valence-corrected chi connectivity index (χ2v) is 5.83. The summed E-state index contributed by atoms with van der Waals surface area (Å²) < 4.78 is 61.7. The van der Waals surface area contributed by atoms with Gasteiger partial charge in [-0.15, -0.1) is 0 Å². The quantitative estimate of drug-likeness (QED) is 0.783. The van der Waals surface area contributed by atoms with Crippen molar-refractivity contribution < 1.29 is 36.6 Å². The van der Waals surface area contributed by atoms with Crippen molar-refractivity contribution in [3.63, 3.8) is 0 Å². The SMILES string of the molecule is O=C(NCC1(C(=O)O)CC2(CC(F)(F)C2)C1)C(F)(F)F. The van der Waals surface area contributed by atoms with Gasteiger partial charge in [0, 0.05) is 19.4 Å². The summed E-state index contributed by atoms with van der Waals surface area (Å²) in [6.07, 6.45) is -6.25. The second-order valence-electron chi connectivity index (χ2n) is 5.83. The van der Waals surface area contributed by atoms with E-state index >= 15 is 0 Å². The number of amides is 1. The first-order chi connectivity index (χ1) is 8.90. The number of carboxylic acid groups (broad SMARTS) is 1. The zero-order valence-electron chi connectivity index (χ0n) is 10.2. The summed E-state index contributed by atoms with van der Waals surface area (Å²) in [7, 11) is 0. The van der Waals surface area contributed by atoms with Crippen molar-refractivity contribution >= 4 is 11.9 Å². The van der Waals surface area contributed by atoms with Crippen LogP contribution in [-0.2, 0) is 9.59 Å². The van der Waals surface area contributed by atoms with Crippen LogP contribution in [-0.4, -0.2) is 35.6 Å². The number of carbonyl (C=O) groups is 2. The van der Waals surface area contributed by atoms with Crippen molar-refractivity contribution in [1.82, 2.24) is 5.32 Å². The largest absolute Gasteiger partial charge is 0.481 e. The Morgan fingerprint density at radius 1 is 1.10 bits per heavy atom. The van der Waals surface area contributed by atoms with Crippen LogP contribution in [0.2, 0.25) is 0 Å². The lowest BCUT2D eigenvalue weighted by Crippen LogP contribution is -2.64. The van der Waals surface area contributed by atoms with Crippen LogP contribution in [0.1, 0.15) is 25.7 Å². The first kappa shape index (κ1) is 15.0. The van der Waals surface area contributed by atoms with Gasteiger partial charge in [-0.25, -0.2) is 8.78 Å². The number of alkyl halides is 5. The molecule has 2 aliphatic carbocycles. The van der Waals surface area contributed by atoms with Gasteiger partial charge in [0.1, 0.15) is 0 Å². The van der Waals surface area contributed by atoms with Crippen molar-refractivity contribution in [2.45, 2.75) is 37.8 Å². The number of hydrogen-bond donors (Lipinski definition) is 2. The molecule has 114 valence electrons. The molecular formula is C11H12F5NO3. The van der Waals surface area contributed by atoms with Crippen LogP contribution in [0.15, 0.2) is 0 Å². The molecule has 9 heteroatoms. The fourth-order valence-electron chi connectivity index (χ4n) is 3.38. The van der Waals surface area contributed by atoms with Crippen LogP contribution in [0.4, 0.5) is 22.0 Å². The number of hydrogen-bond acceptors (Lipinski definition) is 2. The summed E-state index contributed by atoms with van der Waals surface area (Å²) in [6.45, 7) is -0.700. The number of carbonyl (C=O) groups excluding carboxylic acids is 1. The third-order valence-corrected chi connectivity index (χ3v) is 3.99. The van der Waals surface area contributed by atoms with Crippen LogP contribution >= 0.6 is 0 Å². The molecular weight excluding hydrogens is 289 g/mol. The molecule has 1 amide bonds. The van der Waals surface area contributed by atoms with Gasteiger partial charge in [-0.3, -0.25) is 9.59 Å². The Bertz CT molecular complexity index is 443. The Hall–Kier alpha value is -1.41. The van der Waals surface area contributed by atoms with E-state index in [1.165, 1.54) is 5.32 Å². The minimum atomic E-state index is -5.09. The number of rotatable bonds is 3. The smallest absolute Gasteiger partial charge is 0.471 e. The lowest BCUT2D eigenvalue weighted by atomic mass is 9.44. The van der Waals surface area contributed by atoms with Crippen LogP contribution in [0.5, 0.6) is 0 Å². The number of aliphatic carboxylic acids is 1. The average molecular weight is 301 g/mol. The summed E-state index contributed by atoms with van der Waals surface area (Å²) in [5.74, 6) is -6.42. The third kappa shape index (κ3) is 2.45. The van der Waals surface area contributed by atoms with E-state index in [4.69, 9.17) is 5.11 Å². The van der Waals surface area contributed by atoms with E-state index in [0.717, 1.165) is 0 Å². The zero-order chi connectivity index (χ0) is 15.4. The summed E-state index contributed by atoms with van der Waals surface area (Å²) in [4.78, 5) is 21.8. The lowest BCUT2D eigenvalue weighted by molar-refractivity contribution is -0.235. The summed E-state index contributed by atoms with van der Waals surface area (Å²) >= 11 is 0. The van der Waals surface area contributed by atoms with Gasteiger partial charge in [0.15, 0.2) is 0 Å². The standard InChI is InChI=1S/C11H12F5NO3/c12-10(13)3-8(4-10)1-9(2-8,7(19)20)5-17-6(18)11(14,15)16/h1-5H2,(H,17,18)(H,19,20). The van der Waals surface area contributed by atoms with E-state index in [1.807, 2.05) is 0 Å². The predicted molar refractivity (Wildman–Crippen MR) is 55.0 cm³/mol. The monoisotopic (exact) mass is 301 g/mol. The lowest BCUT2D eigenvalue weighted by Gasteiger charge is -2.61. The fraction of sp³-hybridized carbons (Fsp3) is 0.818. The molecule has 0 aromatic rings. The number of halogens is 5. The molecule has 1 spiro atoms. The minimum Gasteiger partial charge on any atom is -0.481 e. The van der Waals surface area contributed by atoms with Crippen molar-refractivity contribution in [3.05, 3.63) is 0 Å². The minimum absolute atomic E-state index is 0.136. The first-order valence-corrected chi connectivity index (χ1v) is 5.86. The highest BCUT2D eigenvalue weighted by Gasteiger charge is 2.69. The maximum Gasteiger partial charge on any atom is 0.471 e. The van der Waals surface area contributed by atoms with Gasteiger partial charge in [0.05, 0.1) is 5.41 Å². The predicted octanol–water partition coefficient (Wildman–Crippen LogP) is 1.95. The van der Waals surface area contributed by atoms with Crippen molar-refractivity contribution in [1.29, 1.82) is 0 Å². The fourth-order valence-corrected chi connectivity index (χ4v) is 3.38. The van der Waals surface area contributed by atoms with Gasteiger partial charge in [0.25, 0.3) is 0 Å². The van der Waals surface area contributed by atoms with Crippen molar-refractivity contribution in [2.75, 3.05) is 6.54 Å². The average Bonchev–Trinajstić information content (AvgIpc) is 2.17. The van der Waals surface area contributed by atoms with E-state index in [9.17, 15) is 31.5 Å². The van der Waals surface area contributed by atoms with E-state index in [2.05, 4.69) is 0 Å². The van der Waals surface area contributed by atoms with E-state index in [-0.39, 0.29) is 12.8 Å². The molecule has 0 unspecified atom stereocenters. The molecule has 0 aromatic heterocycles. The molecule has 0 atom stereocenters. The molecule has 2 fully saturated rings. The first-order valence-electron chi connectivity index (χ1n) is 5.86. The van der Waals surface area contributed by atoms with E-state index in [1.54, 1.807) is 0 Å². The maximum absolute atomic E-state index is 12.8. The normalized spacial score (nSPS) is 25.4. The Balaban J connectivity index is 1.94. The Morgan fingerprint density at radius 3 is 1.95 bits per heavy atom. The molecule has 0 radical (unpaired) electrons. The molecule has 20 heavy (non-hydrogen) atoms. The number of carboxylic acids is 1. The van der Waals surface area contributed by atoms with Gasteiger partial charge in [0.2, 0.25) is 5.92 Å². The molecule has 2 N–H and O–H groups in total. The van der Waals surface area contributed by atoms with Gasteiger partial charge in [-0.1, -0.05) is 0 Å². The molecule has 4 nitrogen and oxygen atoms in total. The second kappa shape index (κ2) is 4.05. The Labute approximate surface area is 110 Å². The Morgan fingerprint density at radius 2 is 1.60 bits per heavy atom. The molecule has 2 saturated carbocycles. The van der Waals surface area contributed by atoms with Crippen LogP contribution < -0.4 is 5.32 Å². The number of nitrogens with one attached hydrogen (secondary N) is 1. The van der Waals surface area contributed by atoms with Gasteiger partial charge in [-0.05, 0) is 18.3 Å². The Kier molecular flexibility index (Phi) is 3.03. The van der Waals surface area contributed by atoms with Gasteiger partial charge >= 0.3 is 18.1 Å². The van der Waals surface area contributed by atoms with Crippen molar-refractivity contribution in [2.24, 2.45) is 10.8 Å². The molecule has 0 aliphatic heterocycles. The summed E-state index contributed by atoms with van der Waals surface area (Å²) in [5, 5.41) is 10.6. The molecule has 0 heterocycles. The van der Waals surface area contributed by atoms with Crippen LogP contribution in [0.3, 0.4) is 0 Å². The van der Waals surface area contributed by atoms with Crippen LogP contribution in [0, 0.1) is 10.8 Å². The van der Waals surface area contributed by atoms with E-state index < -0.39 is 54.2 Å². The van der Waals surface area contributed by atoms with E-state index in [0.29, 0.717) is 0 Å². The molecule has 0 saturated heterocycles. The highest BCUT2D eigenvalue weighted by atomic mass is 19.4. The molecule has 2 rings (SSSR count). The molecule has 0 aromatic carbocycles. The van der Waals surface area contributed by atoms with Crippen LogP contribution in [0.25, 0.3) is 0 Å².